The maximum Gasteiger partial charge on any atom is 0.225 e. The van der Waals surface area contributed by atoms with Crippen molar-refractivity contribution in [2.45, 2.75) is 13.8 Å². The number of nitrogens with zero attached hydrogens (tertiary/aromatic N) is 3. The molecule has 0 atom stereocenters. The molecule has 0 saturated carbocycles. The zero-order valence-electron chi connectivity index (χ0n) is 8.14. The van der Waals surface area contributed by atoms with Crippen LogP contribution in [0.4, 0.5) is 5.95 Å². The second kappa shape index (κ2) is 3.32. The summed E-state index contributed by atoms with van der Waals surface area (Å²) in [7, 11) is 0. The van der Waals surface area contributed by atoms with E-state index in [4.69, 9.17) is 0 Å². The minimum absolute atomic E-state index is 0.778. The summed E-state index contributed by atoms with van der Waals surface area (Å²) in [6, 6.07) is 1.85. The summed E-state index contributed by atoms with van der Waals surface area (Å²) >= 11 is 0. The molecule has 1 aliphatic rings. The molecule has 13 heavy (non-hydrogen) atoms. The largest absolute Gasteiger partial charge is 0.340 e. The molecule has 0 bridgehead atoms. The Morgan fingerprint density at radius 2 is 1.92 bits per heavy atom. The van der Waals surface area contributed by atoms with Gasteiger partial charge in [0.2, 0.25) is 5.95 Å². The summed E-state index contributed by atoms with van der Waals surface area (Å²) < 4.78 is 0. The Hall–Kier alpha value is -1.12. The first-order valence-corrected chi connectivity index (χ1v) is 4.79. The van der Waals surface area contributed by atoms with Crippen LogP contribution < -0.4 is 4.90 Å². The summed E-state index contributed by atoms with van der Waals surface area (Å²) in [6.45, 7) is 6.77. The number of anilines is 1. The van der Waals surface area contributed by atoms with E-state index in [2.05, 4.69) is 28.7 Å². The fourth-order valence-corrected chi connectivity index (χ4v) is 1.55. The maximum atomic E-state index is 4.21. The Morgan fingerprint density at radius 3 is 2.46 bits per heavy atom. The number of hydrogen-bond donors (Lipinski definition) is 0. The third kappa shape index (κ3) is 1.64. The second-order valence-corrected chi connectivity index (χ2v) is 3.96. The van der Waals surface area contributed by atoms with E-state index in [0.717, 1.165) is 30.9 Å². The lowest BCUT2D eigenvalue weighted by Crippen LogP contribution is -2.49. The highest BCUT2D eigenvalue weighted by Gasteiger charge is 2.30. The lowest BCUT2D eigenvalue weighted by molar-refractivity contribution is 0.306. The molecule has 0 aromatic carbocycles. The van der Waals surface area contributed by atoms with Gasteiger partial charge >= 0.3 is 0 Å². The second-order valence-electron chi connectivity index (χ2n) is 3.96. The van der Waals surface area contributed by atoms with Crippen molar-refractivity contribution in [3.05, 3.63) is 18.5 Å². The summed E-state index contributed by atoms with van der Waals surface area (Å²) in [5.41, 5.74) is 0. The molecule has 0 aliphatic carbocycles. The van der Waals surface area contributed by atoms with E-state index in [0.29, 0.717) is 0 Å². The molecular formula is C10H15N3. The van der Waals surface area contributed by atoms with Gasteiger partial charge in [0, 0.05) is 25.5 Å². The molecule has 0 N–H and O–H groups in total. The molecule has 70 valence electrons. The third-order valence-corrected chi connectivity index (χ3v) is 2.69. The Bertz CT molecular complexity index is 265. The van der Waals surface area contributed by atoms with E-state index in [9.17, 15) is 0 Å². The van der Waals surface area contributed by atoms with E-state index in [1.807, 2.05) is 6.07 Å². The molecule has 1 aromatic heterocycles. The van der Waals surface area contributed by atoms with Crippen molar-refractivity contribution in [3.8, 4) is 0 Å². The molecule has 0 spiro atoms. The predicted molar refractivity (Wildman–Crippen MR) is 52.6 cm³/mol. The van der Waals surface area contributed by atoms with Crippen LogP contribution >= 0.6 is 0 Å². The van der Waals surface area contributed by atoms with E-state index >= 15 is 0 Å². The van der Waals surface area contributed by atoms with Crippen LogP contribution in [-0.2, 0) is 0 Å². The highest BCUT2D eigenvalue weighted by Crippen LogP contribution is 2.25. The minimum Gasteiger partial charge on any atom is -0.340 e. The van der Waals surface area contributed by atoms with Crippen LogP contribution in [0, 0.1) is 11.8 Å². The number of aromatic nitrogens is 2. The van der Waals surface area contributed by atoms with Gasteiger partial charge in [-0.15, -0.1) is 0 Å². The fourth-order valence-electron chi connectivity index (χ4n) is 1.55. The van der Waals surface area contributed by atoms with Crippen LogP contribution in [0.1, 0.15) is 13.8 Å². The SMILES string of the molecule is CC(C)C1CN(c2ncccn2)C1. The van der Waals surface area contributed by atoms with Gasteiger partial charge < -0.3 is 4.90 Å². The van der Waals surface area contributed by atoms with Gasteiger partial charge in [-0.1, -0.05) is 13.8 Å². The van der Waals surface area contributed by atoms with Gasteiger partial charge in [-0.2, -0.15) is 0 Å². The van der Waals surface area contributed by atoms with Gasteiger partial charge in [-0.05, 0) is 17.9 Å². The smallest absolute Gasteiger partial charge is 0.225 e. The summed E-state index contributed by atoms with van der Waals surface area (Å²) in [5.74, 6) is 2.48. The lowest BCUT2D eigenvalue weighted by atomic mass is 9.89. The van der Waals surface area contributed by atoms with Gasteiger partial charge in [0.25, 0.3) is 0 Å². The van der Waals surface area contributed by atoms with E-state index in [1.165, 1.54) is 0 Å². The van der Waals surface area contributed by atoms with Crippen LogP contribution in [0.3, 0.4) is 0 Å². The highest BCUT2D eigenvalue weighted by molar-refractivity contribution is 5.32. The average molecular weight is 177 g/mol. The maximum absolute atomic E-state index is 4.21. The molecule has 1 aliphatic heterocycles. The minimum atomic E-state index is 0.778. The Morgan fingerprint density at radius 1 is 1.31 bits per heavy atom. The molecule has 3 nitrogen and oxygen atoms in total. The van der Waals surface area contributed by atoms with Crippen molar-refractivity contribution < 1.29 is 0 Å². The molecule has 0 unspecified atom stereocenters. The normalized spacial score (nSPS) is 17.6. The zero-order chi connectivity index (χ0) is 9.26. The Balaban J connectivity index is 1.94. The third-order valence-electron chi connectivity index (χ3n) is 2.69. The van der Waals surface area contributed by atoms with Crippen LogP contribution in [0.5, 0.6) is 0 Å². The molecule has 1 saturated heterocycles. The van der Waals surface area contributed by atoms with Gasteiger partial charge in [0.1, 0.15) is 0 Å². The van der Waals surface area contributed by atoms with Gasteiger partial charge in [0.15, 0.2) is 0 Å². The summed E-state index contributed by atoms with van der Waals surface area (Å²) in [6.07, 6.45) is 3.59. The van der Waals surface area contributed by atoms with E-state index in [1.54, 1.807) is 12.4 Å². The molecule has 1 fully saturated rings. The van der Waals surface area contributed by atoms with E-state index < -0.39 is 0 Å². The monoisotopic (exact) mass is 177 g/mol. The molecule has 3 heteroatoms. The fraction of sp³-hybridized carbons (Fsp3) is 0.600. The first-order chi connectivity index (χ1) is 6.27. The number of hydrogen-bond acceptors (Lipinski definition) is 3. The average Bonchev–Trinajstić information content (AvgIpc) is 2.02. The first kappa shape index (κ1) is 8.48. The van der Waals surface area contributed by atoms with Crippen molar-refractivity contribution in [3.63, 3.8) is 0 Å². The molecule has 0 amide bonds. The van der Waals surface area contributed by atoms with Crippen LogP contribution in [0.25, 0.3) is 0 Å². The van der Waals surface area contributed by atoms with Crippen molar-refractivity contribution in [2.75, 3.05) is 18.0 Å². The van der Waals surface area contributed by atoms with Crippen LogP contribution in [0.15, 0.2) is 18.5 Å². The molecule has 0 radical (unpaired) electrons. The molecule has 1 aromatic rings. The first-order valence-electron chi connectivity index (χ1n) is 4.79. The van der Waals surface area contributed by atoms with E-state index in [-0.39, 0.29) is 0 Å². The standard InChI is InChI=1S/C10H15N3/c1-8(2)9-6-13(7-9)10-11-4-3-5-12-10/h3-5,8-9H,6-7H2,1-2H3. The van der Waals surface area contributed by atoms with Crippen molar-refractivity contribution >= 4 is 5.95 Å². The molecule has 2 heterocycles. The van der Waals surface area contributed by atoms with Crippen molar-refractivity contribution in [2.24, 2.45) is 11.8 Å². The quantitative estimate of drug-likeness (QED) is 0.686. The van der Waals surface area contributed by atoms with Gasteiger partial charge in [-0.3, -0.25) is 0 Å². The van der Waals surface area contributed by atoms with Crippen LogP contribution in [-0.4, -0.2) is 23.1 Å². The topological polar surface area (TPSA) is 29.0 Å². The predicted octanol–water partition coefficient (Wildman–Crippen LogP) is 1.57. The summed E-state index contributed by atoms with van der Waals surface area (Å²) in [5, 5.41) is 0. The Labute approximate surface area is 78.8 Å². The molecule has 2 rings (SSSR count). The molecular weight excluding hydrogens is 162 g/mol. The number of rotatable bonds is 2. The lowest BCUT2D eigenvalue weighted by Gasteiger charge is -2.41. The Kier molecular flexibility index (Phi) is 2.17. The van der Waals surface area contributed by atoms with Crippen LogP contribution in [0.2, 0.25) is 0 Å². The van der Waals surface area contributed by atoms with Crippen molar-refractivity contribution in [1.82, 2.24) is 9.97 Å². The van der Waals surface area contributed by atoms with Gasteiger partial charge in [-0.25, -0.2) is 9.97 Å². The van der Waals surface area contributed by atoms with Gasteiger partial charge in [0.05, 0.1) is 0 Å². The van der Waals surface area contributed by atoms with Crippen molar-refractivity contribution in [1.29, 1.82) is 0 Å². The highest BCUT2D eigenvalue weighted by atomic mass is 15.3. The summed E-state index contributed by atoms with van der Waals surface area (Å²) in [4.78, 5) is 10.6. The zero-order valence-corrected chi connectivity index (χ0v) is 8.14.